The SMILES string of the molecule is Cc1cc(OCC(C)(C)C(=O)O)ncc1-c1ccc(-c2nc(OCC3CCC3)n(COCC[Si-](C)(C)C)n2)nc1. The molecule has 3 heterocycles. The van der Waals surface area contributed by atoms with Crippen molar-refractivity contribution in [3.63, 3.8) is 0 Å². The molecule has 4 rings (SSSR count). The Morgan fingerprint density at radius 1 is 1.15 bits per heavy atom. The molecule has 1 saturated carbocycles. The lowest BCUT2D eigenvalue weighted by molar-refractivity contribution is -0.148. The van der Waals surface area contributed by atoms with Gasteiger partial charge in [-0.2, -0.15) is 29.3 Å². The Kier molecular flexibility index (Phi) is 9.25. The van der Waals surface area contributed by atoms with Crippen molar-refractivity contribution in [3.05, 3.63) is 36.2 Å². The van der Waals surface area contributed by atoms with E-state index in [4.69, 9.17) is 14.2 Å². The first kappa shape index (κ1) is 29.7. The van der Waals surface area contributed by atoms with Crippen LogP contribution in [0.15, 0.2) is 30.6 Å². The number of ether oxygens (including phenoxy) is 3. The number of hydrogen-bond acceptors (Lipinski definition) is 8. The lowest BCUT2D eigenvalue weighted by Gasteiger charge is -2.26. The molecule has 0 aliphatic heterocycles. The number of aromatic nitrogens is 5. The van der Waals surface area contributed by atoms with E-state index in [0.717, 1.165) is 22.7 Å². The number of carboxylic acid groups (broad SMARTS) is 1. The smallest absolute Gasteiger partial charge is 0.317 e. The van der Waals surface area contributed by atoms with Gasteiger partial charge in [-0.15, -0.1) is 19.2 Å². The van der Waals surface area contributed by atoms with E-state index < -0.39 is 19.5 Å². The van der Waals surface area contributed by atoms with Crippen LogP contribution in [0.25, 0.3) is 22.6 Å². The predicted octanol–water partition coefficient (Wildman–Crippen LogP) is 5.69. The summed E-state index contributed by atoms with van der Waals surface area (Å²) in [7, 11) is -1.19. The van der Waals surface area contributed by atoms with Crippen LogP contribution in [0.4, 0.5) is 0 Å². The van der Waals surface area contributed by atoms with E-state index in [2.05, 4.69) is 39.7 Å². The first-order chi connectivity index (χ1) is 18.9. The van der Waals surface area contributed by atoms with Crippen molar-refractivity contribution in [2.45, 2.75) is 72.4 Å². The second-order valence-electron chi connectivity index (χ2n) is 12.4. The Morgan fingerprint density at radius 2 is 1.93 bits per heavy atom. The number of nitrogens with zero attached hydrogens (tertiary/aromatic N) is 5. The van der Waals surface area contributed by atoms with Crippen LogP contribution in [0, 0.1) is 18.3 Å². The van der Waals surface area contributed by atoms with Gasteiger partial charge in [-0.3, -0.25) is 9.78 Å². The standard InChI is InChI=1S/C29H41N5O5Si/c1-20-14-25(39-18-29(2,3)27(35)36)31-16-23(20)22-10-11-24(30-15-22)26-32-28(38-17-21-8-7-9-21)34(33-26)19-37-12-13-40(4,5)6/h10-11,14-16,21H,7-9,12-13,17-19H2,1-6H3,(H,35,36)/q-1. The summed E-state index contributed by atoms with van der Waals surface area (Å²) >= 11 is 0. The molecule has 0 atom stereocenters. The molecule has 1 aliphatic rings. The van der Waals surface area contributed by atoms with Gasteiger partial charge in [-0.1, -0.05) is 12.5 Å². The minimum Gasteiger partial charge on any atom is -0.481 e. The summed E-state index contributed by atoms with van der Waals surface area (Å²) in [6.45, 7) is 13.8. The van der Waals surface area contributed by atoms with Gasteiger partial charge in [0.05, 0.1) is 12.0 Å². The number of carboxylic acids is 1. The number of hydrogen-bond donors (Lipinski definition) is 1. The van der Waals surface area contributed by atoms with E-state index in [9.17, 15) is 9.90 Å². The first-order valence-corrected chi connectivity index (χ1v) is 17.6. The maximum Gasteiger partial charge on any atom is 0.317 e. The largest absolute Gasteiger partial charge is 0.481 e. The minimum absolute atomic E-state index is 0.0275. The fourth-order valence-electron chi connectivity index (χ4n) is 3.92. The maximum absolute atomic E-state index is 11.3. The van der Waals surface area contributed by atoms with Crippen molar-refractivity contribution in [2.24, 2.45) is 11.3 Å². The molecule has 0 saturated heterocycles. The third-order valence-electron chi connectivity index (χ3n) is 7.07. The molecular weight excluding hydrogens is 526 g/mol. The lowest BCUT2D eigenvalue weighted by atomic mass is 9.86. The highest BCUT2D eigenvalue weighted by Gasteiger charge is 2.28. The highest BCUT2D eigenvalue weighted by atomic mass is 28.3. The van der Waals surface area contributed by atoms with Crippen molar-refractivity contribution in [2.75, 3.05) is 19.8 Å². The van der Waals surface area contributed by atoms with E-state index in [1.807, 2.05) is 19.1 Å². The molecule has 0 radical (unpaired) electrons. The van der Waals surface area contributed by atoms with Gasteiger partial charge in [0.15, 0.2) is 0 Å². The van der Waals surface area contributed by atoms with Crippen LogP contribution in [0.5, 0.6) is 11.9 Å². The number of pyridine rings is 2. The van der Waals surface area contributed by atoms with Crippen LogP contribution < -0.4 is 9.47 Å². The summed E-state index contributed by atoms with van der Waals surface area (Å²) in [6, 6.07) is 7.19. The van der Waals surface area contributed by atoms with Crippen molar-refractivity contribution in [1.29, 1.82) is 0 Å². The molecule has 0 amide bonds. The fourth-order valence-corrected chi connectivity index (χ4v) is 4.68. The molecule has 217 valence electrons. The Morgan fingerprint density at radius 3 is 2.52 bits per heavy atom. The fraction of sp³-hybridized carbons (Fsp3) is 0.552. The molecule has 1 fully saturated rings. The molecule has 1 N–H and O–H groups in total. The maximum atomic E-state index is 11.3. The summed E-state index contributed by atoms with van der Waals surface area (Å²) in [5, 5.41) is 13.9. The molecule has 0 spiro atoms. The molecule has 3 aromatic rings. The van der Waals surface area contributed by atoms with Gasteiger partial charge in [0.25, 0.3) is 0 Å². The number of aliphatic carboxylic acids is 1. The molecular formula is C29H41N5O5Si-. The monoisotopic (exact) mass is 567 g/mol. The lowest BCUT2D eigenvalue weighted by Crippen LogP contribution is -2.30. The van der Waals surface area contributed by atoms with Gasteiger partial charge in [-0.05, 0) is 51.2 Å². The van der Waals surface area contributed by atoms with Crippen LogP contribution in [0.1, 0.15) is 38.7 Å². The predicted molar refractivity (Wildman–Crippen MR) is 155 cm³/mol. The van der Waals surface area contributed by atoms with E-state index in [1.165, 1.54) is 19.3 Å². The van der Waals surface area contributed by atoms with Crippen LogP contribution >= 0.6 is 0 Å². The second kappa shape index (κ2) is 12.5. The van der Waals surface area contributed by atoms with Gasteiger partial charge in [0, 0.05) is 36.2 Å². The molecule has 0 aromatic carbocycles. The summed E-state index contributed by atoms with van der Waals surface area (Å²) < 4.78 is 19.3. The third kappa shape index (κ3) is 7.88. The topological polar surface area (TPSA) is 121 Å². The summed E-state index contributed by atoms with van der Waals surface area (Å²) in [5.74, 6) is 0.536. The van der Waals surface area contributed by atoms with Crippen LogP contribution in [0.2, 0.25) is 25.7 Å². The number of aryl methyl sites for hydroxylation is 1. The molecule has 40 heavy (non-hydrogen) atoms. The quantitative estimate of drug-likeness (QED) is 0.193. The molecule has 0 unspecified atom stereocenters. The van der Waals surface area contributed by atoms with Gasteiger partial charge >= 0.3 is 12.0 Å². The zero-order valence-electron chi connectivity index (χ0n) is 24.4. The molecule has 11 heteroatoms. The van der Waals surface area contributed by atoms with Gasteiger partial charge in [-0.25, -0.2) is 4.98 Å². The van der Waals surface area contributed by atoms with Crippen LogP contribution in [-0.4, -0.2) is 63.7 Å². The Hall–Kier alpha value is -3.31. The molecule has 3 aromatic heterocycles. The average Bonchev–Trinajstić information content (AvgIpc) is 3.27. The van der Waals surface area contributed by atoms with E-state index in [0.29, 0.717) is 49.3 Å². The van der Waals surface area contributed by atoms with Crippen molar-refractivity contribution >= 4 is 14.0 Å². The third-order valence-corrected chi connectivity index (χ3v) is 8.77. The normalized spacial score (nSPS) is 14.2. The van der Waals surface area contributed by atoms with Crippen LogP contribution in [-0.2, 0) is 16.3 Å². The highest BCUT2D eigenvalue weighted by Crippen LogP contribution is 2.29. The Balaban J connectivity index is 1.45. The Labute approximate surface area is 237 Å². The summed E-state index contributed by atoms with van der Waals surface area (Å²) in [4.78, 5) is 25.0. The zero-order chi connectivity index (χ0) is 28.9. The van der Waals surface area contributed by atoms with Crippen LogP contribution in [0.3, 0.4) is 0 Å². The Bertz CT molecular complexity index is 1300. The van der Waals surface area contributed by atoms with E-state index in [-0.39, 0.29) is 6.61 Å². The van der Waals surface area contributed by atoms with Crippen molar-refractivity contribution in [1.82, 2.24) is 24.7 Å². The summed E-state index contributed by atoms with van der Waals surface area (Å²) in [6.07, 6.45) is 7.13. The molecule has 1 aliphatic carbocycles. The zero-order valence-corrected chi connectivity index (χ0v) is 25.4. The van der Waals surface area contributed by atoms with Crippen molar-refractivity contribution < 1.29 is 24.1 Å². The van der Waals surface area contributed by atoms with Crippen molar-refractivity contribution in [3.8, 4) is 34.5 Å². The number of rotatable bonds is 14. The van der Waals surface area contributed by atoms with E-state index >= 15 is 0 Å². The minimum atomic E-state index is -1.19. The molecule has 0 bridgehead atoms. The first-order valence-electron chi connectivity index (χ1n) is 13.9. The number of carbonyl (C=O) groups is 1. The van der Waals surface area contributed by atoms with Gasteiger partial charge < -0.3 is 19.3 Å². The summed E-state index contributed by atoms with van der Waals surface area (Å²) in [5.41, 5.74) is 2.37. The molecule has 10 nitrogen and oxygen atoms in total. The average molecular weight is 568 g/mol. The second-order valence-corrected chi connectivity index (χ2v) is 18.0. The van der Waals surface area contributed by atoms with Gasteiger partial charge in [0.1, 0.15) is 19.0 Å². The van der Waals surface area contributed by atoms with Gasteiger partial charge in [0.2, 0.25) is 11.7 Å². The highest BCUT2D eigenvalue weighted by molar-refractivity contribution is 6.76. The van der Waals surface area contributed by atoms with E-state index in [1.54, 1.807) is 37.0 Å².